The van der Waals surface area contributed by atoms with Crippen molar-refractivity contribution in [2.75, 3.05) is 19.8 Å². The van der Waals surface area contributed by atoms with Gasteiger partial charge in [-0.3, -0.25) is 0 Å². The van der Waals surface area contributed by atoms with Crippen LogP contribution in [0.4, 0.5) is 0 Å². The molecule has 0 amide bonds. The second kappa shape index (κ2) is 5.72. The summed E-state index contributed by atoms with van der Waals surface area (Å²) in [5.74, 6) is 0. The van der Waals surface area contributed by atoms with Crippen molar-refractivity contribution in [2.45, 2.75) is 52.5 Å². The summed E-state index contributed by atoms with van der Waals surface area (Å²) in [5, 5.41) is 3.57. The lowest BCUT2D eigenvalue weighted by Crippen LogP contribution is -2.37. The van der Waals surface area contributed by atoms with Gasteiger partial charge in [-0.25, -0.2) is 0 Å². The van der Waals surface area contributed by atoms with E-state index in [0.717, 1.165) is 19.8 Å². The third-order valence-electron chi connectivity index (χ3n) is 2.70. The van der Waals surface area contributed by atoms with Crippen LogP contribution in [0.2, 0.25) is 0 Å². The van der Waals surface area contributed by atoms with Gasteiger partial charge in [0, 0.05) is 12.6 Å². The van der Waals surface area contributed by atoms with Crippen molar-refractivity contribution >= 4 is 0 Å². The Bertz CT molecular complexity index is 145. The summed E-state index contributed by atoms with van der Waals surface area (Å²) in [6.07, 6.45) is 5.08. The molecule has 1 heterocycles. The lowest BCUT2D eigenvalue weighted by molar-refractivity contribution is 0.0702. The molecular weight excluding hydrogens is 174 g/mol. The molecule has 1 unspecified atom stereocenters. The van der Waals surface area contributed by atoms with E-state index in [4.69, 9.17) is 4.74 Å². The van der Waals surface area contributed by atoms with Crippen LogP contribution >= 0.6 is 0 Å². The maximum atomic E-state index is 5.42. The highest BCUT2D eigenvalue weighted by atomic mass is 16.5. The molecule has 0 aromatic heterocycles. The summed E-state index contributed by atoms with van der Waals surface area (Å²) in [6, 6.07) is 0.615. The van der Waals surface area contributed by atoms with Gasteiger partial charge in [0.2, 0.25) is 0 Å². The van der Waals surface area contributed by atoms with Crippen molar-refractivity contribution in [1.82, 2.24) is 5.32 Å². The Hall–Kier alpha value is -0.0800. The fourth-order valence-corrected chi connectivity index (χ4v) is 1.83. The van der Waals surface area contributed by atoms with Crippen LogP contribution in [0.5, 0.6) is 0 Å². The van der Waals surface area contributed by atoms with Crippen LogP contribution in [0.15, 0.2) is 0 Å². The topological polar surface area (TPSA) is 21.3 Å². The molecule has 84 valence electrons. The Balaban J connectivity index is 1.97. The lowest BCUT2D eigenvalue weighted by Gasteiger charge is -2.24. The van der Waals surface area contributed by atoms with E-state index in [1.165, 1.54) is 25.7 Å². The van der Waals surface area contributed by atoms with Crippen LogP contribution in [0.25, 0.3) is 0 Å². The summed E-state index contributed by atoms with van der Waals surface area (Å²) in [5.41, 5.74) is 0.477. The highest BCUT2D eigenvalue weighted by Gasteiger charge is 2.13. The molecule has 1 rings (SSSR count). The van der Waals surface area contributed by atoms with Crippen molar-refractivity contribution in [3.8, 4) is 0 Å². The minimum atomic E-state index is 0.477. The zero-order chi connectivity index (χ0) is 10.4. The zero-order valence-electron chi connectivity index (χ0n) is 9.94. The summed E-state index contributed by atoms with van der Waals surface area (Å²) >= 11 is 0. The van der Waals surface area contributed by atoms with Gasteiger partial charge in [-0.2, -0.15) is 0 Å². The maximum absolute atomic E-state index is 5.42. The molecule has 0 radical (unpaired) electrons. The summed E-state index contributed by atoms with van der Waals surface area (Å²) in [6.45, 7) is 9.92. The SMILES string of the molecule is CC(C)(C)CCCNC1CCCOC1. The van der Waals surface area contributed by atoms with Gasteiger partial charge in [0.05, 0.1) is 6.61 Å². The predicted molar refractivity (Wildman–Crippen MR) is 60.5 cm³/mol. The molecular formula is C12H25NO. The molecule has 1 aliphatic rings. The Morgan fingerprint density at radius 1 is 1.36 bits per heavy atom. The number of nitrogens with one attached hydrogen (secondary N) is 1. The summed E-state index contributed by atoms with van der Waals surface area (Å²) < 4.78 is 5.42. The Labute approximate surface area is 88.4 Å². The number of hydrogen-bond acceptors (Lipinski definition) is 2. The molecule has 1 N–H and O–H groups in total. The van der Waals surface area contributed by atoms with Gasteiger partial charge in [-0.1, -0.05) is 20.8 Å². The van der Waals surface area contributed by atoms with Crippen molar-refractivity contribution in [2.24, 2.45) is 5.41 Å². The van der Waals surface area contributed by atoms with Gasteiger partial charge in [0.15, 0.2) is 0 Å². The maximum Gasteiger partial charge on any atom is 0.0619 e. The van der Waals surface area contributed by atoms with E-state index < -0.39 is 0 Å². The Morgan fingerprint density at radius 2 is 2.14 bits per heavy atom. The smallest absolute Gasteiger partial charge is 0.0619 e. The van der Waals surface area contributed by atoms with Crippen LogP contribution in [-0.4, -0.2) is 25.8 Å². The predicted octanol–water partition coefficient (Wildman–Crippen LogP) is 2.58. The average Bonchev–Trinajstić information content (AvgIpc) is 2.13. The molecule has 2 nitrogen and oxygen atoms in total. The van der Waals surface area contributed by atoms with Crippen molar-refractivity contribution in [3.63, 3.8) is 0 Å². The highest BCUT2D eigenvalue weighted by Crippen LogP contribution is 2.19. The van der Waals surface area contributed by atoms with Crippen LogP contribution in [0, 0.1) is 5.41 Å². The molecule has 0 aliphatic carbocycles. The van der Waals surface area contributed by atoms with Gasteiger partial charge in [0.1, 0.15) is 0 Å². The van der Waals surface area contributed by atoms with E-state index >= 15 is 0 Å². The summed E-state index contributed by atoms with van der Waals surface area (Å²) in [4.78, 5) is 0. The quantitative estimate of drug-likeness (QED) is 0.703. The molecule has 14 heavy (non-hydrogen) atoms. The standard InChI is InChI=1S/C12H25NO/c1-12(2,3)7-5-8-13-11-6-4-9-14-10-11/h11,13H,4-10H2,1-3H3. The van der Waals surface area contributed by atoms with Gasteiger partial charge in [-0.05, 0) is 37.6 Å². The van der Waals surface area contributed by atoms with Crippen LogP contribution < -0.4 is 5.32 Å². The van der Waals surface area contributed by atoms with E-state index in [-0.39, 0.29) is 0 Å². The minimum Gasteiger partial charge on any atom is -0.380 e. The third kappa shape index (κ3) is 5.61. The first-order valence-corrected chi connectivity index (χ1v) is 5.89. The average molecular weight is 199 g/mol. The molecule has 0 aromatic carbocycles. The van der Waals surface area contributed by atoms with Crippen molar-refractivity contribution in [3.05, 3.63) is 0 Å². The highest BCUT2D eigenvalue weighted by molar-refractivity contribution is 4.70. The van der Waals surface area contributed by atoms with Crippen molar-refractivity contribution < 1.29 is 4.74 Å². The normalized spacial score (nSPS) is 23.8. The van der Waals surface area contributed by atoms with Crippen LogP contribution in [0.1, 0.15) is 46.5 Å². The molecule has 0 bridgehead atoms. The molecule has 0 spiro atoms. The van der Waals surface area contributed by atoms with E-state index in [1.54, 1.807) is 0 Å². The lowest BCUT2D eigenvalue weighted by atomic mass is 9.90. The number of rotatable bonds is 4. The number of hydrogen-bond donors (Lipinski definition) is 1. The Morgan fingerprint density at radius 3 is 2.71 bits per heavy atom. The molecule has 1 atom stereocenters. The molecule has 2 heteroatoms. The minimum absolute atomic E-state index is 0.477. The first-order chi connectivity index (χ1) is 6.58. The van der Waals surface area contributed by atoms with Crippen LogP contribution in [-0.2, 0) is 4.74 Å². The van der Waals surface area contributed by atoms with Crippen molar-refractivity contribution in [1.29, 1.82) is 0 Å². The third-order valence-corrected chi connectivity index (χ3v) is 2.70. The Kier molecular flexibility index (Phi) is 4.90. The molecule has 1 aliphatic heterocycles. The van der Waals surface area contributed by atoms with Gasteiger partial charge in [0.25, 0.3) is 0 Å². The molecule has 1 saturated heterocycles. The van der Waals surface area contributed by atoms with Gasteiger partial charge in [-0.15, -0.1) is 0 Å². The van der Waals surface area contributed by atoms with E-state index in [0.29, 0.717) is 11.5 Å². The fraction of sp³-hybridized carbons (Fsp3) is 1.00. The molecule has 0 saturated carbocycles. The van der Waals surface area contributed by atoms with E-state index in [9.17, 15) is 0 Å². The van der Waals surface area contributed by atoms with Gasteiger partial charge >= 0.3 is 0 Å². The van der Waals surface area contributed by atoms with E-state index in [1.807, 2.05) is 0 Å². The number of ether oxygens (including phenoxy) is 1. The summed E-state index contributed by atoms with van der Waals surface area (Å²) in [7, 11) is 0. The first kappa shape index (κ1) is 12.0. The fourth-order valence-electron chi connectivity index (χ4n) is 1.83. The van der Waals surface area contributed by atoms with Crippen LogP contribution in [0.3, 0.4) is 0 Å². The second-order valence-electron chi connectivity index (χ2n) is 5.53. The monoisotopic (exact) mass is 199 g/mol. The second-order valence-corrected chi connectivity index (χ2v) is 5.53. The van der Waals surface area contributed by atoms with E-state index in [2.05, 4.69) is 26.1 Å². The molecule has 1 fully saturated rings. The first-order valence-electron chi connectivity index (χ1n) is 5.89. The largest absolute Gasteiger partial charge is 0.380 e. The molecule has 0 aromatic rings. The zero-order valence-corrected chi connectivity index (χ0v) is 9.94. The van der Waals surface area contributed by atoms with Gasteiger partial charge < -0.3 is 10.1 Å².